The summed E-state index contributed by atoms with van der Waals surface area (Å²) in [6.07, 6.45) is 3.23. The molecule has 1 aromatic heterocycles. The average Bonchev–Trinajstić information content (AvgIpc) is 2.34. The zero-order valence-electron chi connectivity index (χ0n) is 10.6. The van der Waals surface area contributed by atoms with Crippen LogP contribution >= 0.6 is 0 Å². The van der Waals surface area contributed by atoms with E-state index in [1.807, 2.05) is 26.0 Å². The van der Waals surface area contributed by atoms with E-state index < -0.39 is 5.97 Å². The van der Waals surface area contributed by atoms with Crippen molar-refractivity contribution in [3.05, 3.63) is 30.1 Å². The van der Waals surface area contributed by atoms with E-state index in [0.29, 0.717) is 0 Å². The van der Waals surface area contributed by atoms with Gasteiger partial charge in [-0.05, 0) is 17.5 Å². The van der Waals surface area contributed by atoms with Crippen LogP contribution in [0.2, 0.25) is 0 Å². The van der Waals surface area contributed by atoms with Gasteiger partial charge in [-0.15, -0.1) is 0 Å². The Bertz CT molecular complexity index is 404. The third-order valence-electron chi connectivity index (χ3n) is 2.59. The molecule has 1 atom stereocenters. The second-order valence-electron chi connectivity index (χ2n) is 4.47. The van der Waals surface area contributed by atoms with E-state index >= 15 is 0 Å². The molecule has 0 saturated heterocycles. The van der Waals surface area contributed by atoms with E-state index in [2.05, 4.69) is 10.3 Å². The summed E-state index contributed by atoms with van der Waals surface area (Å²) in [6.45, 7) is 3.99. The first kappa shape index (κ1) is 14.2. The molecule has 0 aliphatic rings. The fourth-order valence-corrected chi connectivity index (χ4v) is 1.66. The van der Waals surface area contributed by atoms with Crippen molar-refractivity contribution in [1.29, 1.82) is 0 Å². The highest BCUT2D eigenvalue weighted by molar-refractivity contribution is 5.80. The van der Waals surface area contributed by atoms with E-state index in [1.54, 1.807) is 12.4 Å². The molecule has 2 N–H and O–H groups in total. The summed E-state index contributed by atoms with van der Waals surface area (Å²) in [5, 5.41) is 11.4. The Morgan fingerprint density at radius 3 is 2.61 bits per heavy atom. The molecular weight excluding hydrogens is 232 g/mol. The fourth-order valence-electron chi connectivity index (χ4n) is 1.66. The van der Waals surface area contributed by atoms with Crippen molar-refractivity contribution < 1.29 is 14.7 Å². The third kappa shape index (κ3) is 4.53. The summed E-state index contributed by atoms with van der Waals surface area (Å²) in [6, 6.07) is 3.57. The Balaban J connectivity index is 2.64. The number of hydrogen-bond acceptors (Lipinski definition) is 3. The van der Waals surface area contributed by atoms with E-state index in [0.717, 1.165) is 5.56 Å². The maximum absolute atomic E-state index is 11.6. The number of rotatable bonds is 6. The molecule has 1 unspecified atom stereocenters. The van der Waals surface area contributed by atoms with Crippen LogP contribution in [0.25, 0.3) is 0 Å². The van der Waals surface area contributed by atoms with E-state index in [1.165, 1.54) is 0 Å². The van der Waals surface area contributed by atoms with Crippen molar-refractivity contribution in [3.8, 4) is 0 Å². The smallest absolute Gasteiger partial charge is 0.303 e. The number of amides is 1. The van der Waals surface area contributed by atoms with Gasteiger partial charge in [0.2, 0.25) is 5.91 Å². The largest absolute Gasteiger partial charge is 0.481 e. The minimum atomic E-state index is -0.965. The monoisotopic (exact) mass is 250 g/mol. The topological polar surface area (TPSA) is 79.3 Å². The van der Waals surface area contributed by atoms with Crippen molar-refractivity contribution in [2.75, 3.05) is 0 Å². The number of carbonyl (C=O) groups is 2. The van der Waals surface area contributed by atoms with Gasteiger partial charge in [-0.2, -0.15) is 0 Å². The van der Waals surface area contributed by atoms with Gasteiger partial charge in [0.25, 0.3) is 0 Å². The first-order valence-electron chi connectivity index (χ1n) is 5.91. The van der Waals surface area contributed by atoms with Crippen LogP contribution in [0.1, 0.15) is 38.3 Å². The summed E-state index contributed by atoms with van der Waals surface area (Å²) in [4.78, 5) is 26.1. The molecule has 18 heavy (non-hydrogen) atoms. The zero-order valence-corrected chi connectivity index (χ0v) is 10.6. The molecule has 1 rings (SSSR count). The van der Waals surface area contributed by atoms with Gasteiger partial charge in [-0.1, -0.05) is 19.9 Å². The van der Waals surface area contributed by atoms with Crippen LogP contribution in [0, 0.1) is 5.92 Å². The van der Waals surface area contributed by atoms with Gasteiger partial charge in [0.15, 0.2) is 0 Å². The predicted octanol–water partition coefficient (Wildman–Crippen LogP) is 1.76. The Morgan fingerprint density at radius 2 is 2.11 bits per heavy atom. The number of pyridine rings is 1. The summed E-state index contributed by atoms with van der Waals surface area (Å²) in [5.41, 5.74) is 0.927. The summed E-state index contributed by atoms with van der Waals surface area (Å²) in [7, 11) is 0. The summed E-state index contributed by atoms with van der Waals surface area (Å²) < 4.78 is 0. The minimum absolute atomic E-state index is 0.00118. The van der Waals surface area contributed by atoms with Crippen molar-refractivity contribution in [1.82, 2.24) is 10.3 Å². The minimum Gasteiger partial charge on any atom is -0.481 e. The molecule has 0 aliphatic carbocycles. The number of carboxylic acids is 1. The number of aromatic nitrogens is 1. The maximum atomic E-state index is 11.6. The fraction of sp³-hybridized carbons (Fsp3) is 0.462. The van der Waals surface area contributed by atoms with Gasteiger partial charge in [-0.3, -0.25) is 14.6 Å². The average molecular weight is 250 g/mol. The number of carboxylic acid groups (broad SMARTS) is 1. The highest BCUT2D eigenvalue weighted by Gasteiger charge is 2.18. The van der Waals surface area contributed by atoms with Crippen LogP contribution in [-0.2, 0) is 9.59 Å². The second kappa shape index (κ2) is 6.74. The predicted molar refractivity (Wildman–Crippen MR) is 66.8 cm³/mol. The Morgan fingerprint density at radius 1 is 1.39 bits per heavy atom. The molecule has 1 heterocycles. The van der Waals surface area contributed by atoms with Crippen molar-refractivity contribution >= 4 is 11.9 Å². The van der Waals surface area contributed by atoms with Crippen molar-refractivity contribution in [2.24, 2.45) is 5.92 Å². The van der Waals surface area contributed by atoms with Crippen molar-refractivity contribution in [2.45, 2.75) is 32.7 Å². The quantitative estimate of drug-likeness (QED) is 0.806. The normalized spacial score (nSPS) is 12.2. The Hall–Kier alpha value is -1.91. The van der Waals surface area contributed by atoms with Crippen LogP contribution in [0.3, 0.4) is 0 Å². The second-order valence-corrected chi connectivity index (χ2v) is 4.47. The molecule has 0 radical (unpaired) electrons. The number of aliphatic carboxylic acids is 1. The lowest BCUT2D eigenvalue weighted by Crippen LogP contribution is -2.32. The number of hydrogen-bond donors (Lipinski definition) is 2. The standard InChI is InChI=1S/C13H18N2O3/c1-9(2)13(10-4-3-7-14-8-10)15-11(16)5-6-12(17)18/h3-4,7-9,13H,5-6H2,1-2H3,(H,15,16)(H,17,18). The first-order valence-corrected chi connectivity index (χ1v) is 5.91. The number of nitrogens with one attached hydrogen (secondary N) is 1. The molecule has 0 aliphatic heterocycles. The van der Waals surface area contributed by atoms with Crippen LogP contribution in [-0.4, -0.2) is 22.0 Å². The molecule has 0 spiro atoms. The van der Waals surface area contributed by atoms with Gasteiger partial charge < -0.3 is 10.4 Å². The van der Waals surface area contributed by atoms with Crippen molar-refractivity contribution in [3.63, 3.8) is 0 Å². The molecule has 0 fully saturated rings. The highest BCUT2D eigenvalue weighted by Crippen LogP contribution is 2.20. The lowest BCUT2D eigenvalue weighted by atomic mass is 9.97. The zero-order chi connectivity index (χ0) is 13.5. The van der Waals surface area contributed by atoms with Crippen LogP contribution in [0.5, 0.6) is 0 Å². The molecule has 0 bridgehead atoms. The van der Waals surface area contributed by atoms with Gasteiger partial charge in [0, 0.05) is 18.8 Å². The van der Waals surface area contributed by atoms with Crippen LogP contribution in [0.15, 0.2) is 24.5 Å². The lowest BCUT2D eigenvalue weighted by molar-refractivity contribution is -0.139. The molecule has 5 heteroatoms. The third-order valence-corrected chi connectivity index (χ3v) is 2.59. The van der Waals surface area contributed by atoms with Gasteiger partial charge in [0.05, 0.1) is 12.5 Å². The number of nitrogens with zero attached hydrogens (tertiary/aromatic N) is 1. The summed E-state index contributed by atoms with van der Waals surface area (Å²) in [5.74, 6) is -1.00. The molecule has 5 nitrogen and oxygen atoms in total. The van der Waals surface area contributed by atoms with Crippen LogP contribution in [0.4, 0.5) is 0 Å². The maximum Gasteiger partial charge on any atom is 0.303 e. The molecule has 1 aromatic rings. The molecular formula is C13H18N2O3. The van der Waals surface area contributed by atoms with E-state index in [-0.39, 0.29) is 30.7 Å². The van der Waals surface area contributed by atoms with Crippen LogP contribution < -0.4 is 5.32 Å². The van der Waals surface area contributed by atoms with E-state index in [9.17, 15) is 9.59 Å². The molecule has 0 saturated carbocycles. The van der Waals surface area contributed by atoms with E-state index in [4.69, 9.17) is 5.11 Å². The van der Waals surface area contributed by atoms with Gasteiger partial charge in [0.1, 0.15) is 0 Å². The Labute approximate surface area is 106 Å². The number of carbonyl (C=O) groups excluding carboxylic acids is 1. The highest BCUT2D eigenvalue weighted by atomic mass is 16.4. The first-order chi connectivity index (χ1) is 8.50. The van der Waals surface area contributed by atoms with Gasteiger partial charge >= 0.3 is 5.97 Å². The SMILES string of the molecule is CC(C)C(NC(=O)CCC(=O)O)c1cccnc1. The Kier molecular flexibility index (Phi) is 5.30. The van der Waals surface area contributed by atoms with Gasteiger partial charge in [-0.25, -0.2) is 0 Å². The summed E-state index contributed by atoms with van der Waals surface area (Å²) >= 11 is 0. The molecule has 0 aromatic carbocycles. The molecule has 1 amide bonds. The lowest BCUT2D eigenvalue weighted by Gasteiger charge is -2.22. The molecule has 98 valence electrons.